The number of fused-ring (bicyclic) bond motifs is 1. The third-order valence-electron chi connectivity index (χ3n) is 5.31. The molecule has 5 nitrogen and oxygen atoms in total. The largest absolute Gasteiger partial charge is 0.497 e. The van der Waals surface area contributed by atoms with E-state index in [1.807, 2.05) is 11.0 Å². The summed E-state index contributed by atoms with van der Waals surface area (Å²) in [4.78, 5) is 19.5. The average Bonchev–Trinajstić information content (AvgIpc) is 3.36. The summed E-state index contributed by atoms with van der Waals surface area (Å²) >= 11 is 12.8. The van der Waals surface area contributed by atoms with Gasteiger partial charge in [-0.15, -0.1) is 0 Å². The maximum atomic E-state index is 13.2. The van der Waals surface area contributed by atoms with Crippen molar-refractivity contribution < 1.29 is 4.74 Å². The molecule has 0 unspecified atom stereocenters. The molecular formula is C19H21Cl2N3O2. The molecule has 4 rings (SSSR count). The molecule has 1 saturated carbocycles. The summed E-state index contributed by atoms with van der Waals surface area (Å²) in [5, 5.41) is 0.885. The molecule has 1 aromatic carbocycles. The monoisotopic (exact) mass is 393 g/mol. The maximum absolute atomic E-state index is 13.2. The minimum absolute atomic E-state index is 0.104. The first-order valence-electron chi connectivity index (χ1n) is 8.96. The summed E-state index contributed by atoms with van der Waals surface area (Å²) in [5.74, 6) is 1.62. The molecule has 2 heterocycles. The minimum Gasteiger partial charge on any atom is -0.497 e. The Bertz CT molecular complexity index is 908. The van der Waals surface area contributed by atoms with Crippen LogP contribution in [0.15, 0.2) is 23.1 Å². The van der Waals surface area contributed by atoms with Crippen molar-refractivity contribution in [3.63, 3.8) is 0 Å². The second kappa shape index (κ2) is 6.78. The molecule has 1 aliphatic carbocycles. The maximum Gasteiger partial charge on any atom is 0.294 e. The van der Waals surface area contributed by atoms with Crippen LogP contribution in [0.5, 0.6) is 5.75 Å². The third-order valence-corrected chi connectivity index (χ3v) is 5.78. The molecule has 26 heavy (non-hydrogen) atoms. The van der Waals surface area contributed by atoms with Crippen molar-refractivity contribution in [3.8, 4) is 5.75 Å². The molecule has 138 valence electrons. The van der Waals surface area contributed by atoms with Gasteiger partial charge in [-0.3, -0.25) is 4.79 Å². The van der Waals surface area contributed by atoms with Crippen molar-refractivity contribution in [1.29, 1.82) is 0 Å². The van der Waals surface area contributed by atoms with Gasteiger partial charge in [-0.1, -0.05) is 30.1 Å². The highest BCUT2D eigenvalue weighted by Crippen LogP contribution is 2.43. The lowest BCUT2D eigenvalue weighted by Crippen LogP contribution is -2.32. The summed E-state index contributed by atoms with van der Waals surface area (Å²) in [6.45, 7) is 2.75. The molecule has 1 atom stereocenters. The molecule has 0 spiro atoms. The lowest BCUT2D eigenvalue weighted by molar-refractivity contribution is 0.414. The standard InChI is InChI=1S/C19H21Cl2N3O2/c1-3-15(11-4-5-11)24-10-16(21)22-18(19(24)25)23-7-6-12-8-13(26-2)9-14(20)17(12)23/h8-11,15H,3-7H2,1-2H3/t15-/m1/s1. The number of anilines is 2. The Hall–Kier alpha value is -1.72. The van der Waals surface area contributed by atoms with E-state index >= 15 is 0 Å². The normalized spacial score (nSPS) is 17.3. The van der Waals surface area contributed by atoms with Crippen molar-refractivity contribution in [2.45, 2.75) is 38.6 Å². The van der Waals surface area contributed by atoms with Crippen molar-refractivity contribution in [2.75, 3.05) is 18.6 Å². The number of halogens is 2. The van der Waals surface area contributed by atoms with Crippen LogP contribution >= 0.6 is 23.2 Å². The number of benzene rings is 1. The highest BCUT2D eigenvalue weighted by Gasteiger charge is 2.34. The van der Waals surface area contributed by atoms with Crippen molar-refractivity contribution in [3.05, 3.63) is 44.4 Å². The lowest BCUT2D eigenvalue weighted by atomic mass is 10.1. The van der Waals surface area contributed by atoms with E-state index in [1.165, 1.54) is 12.8 Å². The first-order valence-corrected chi connectivity index (χ1v) is 9.71. The predicted octanol–water partition coefficient (Wildman–Crippen LogP) is 4.61. The zero-order valence-corrected chi connectivity index (χ0v) is 16.3. The number of methoxy groups -OCH3 is 1. The Labute approximate surface area is 162 Å². The van der Waals surface area contributed by atoms with E-state index in [9.17, 15) is 4.79 Å². The van der Waals surface area contributed by atoms with Gasteiger partial charge in [-0.05, 0) is 43.2 Å². The van der Waals surface area contributed by atoms with Gasteiger partial charge in [0.25, 0.3) is 5.56 Å². The van der Waals surface area contributed by atoms with Crippen LogP contribution in [-0.2, 0) is 6.42 Å². The molecule has 1 aromatic heterocycles. The Morgan fingerprint density at radius 3 is 2.77 bits per heavy atom. The Balaban J connectivity index is 1.81. The fourth-order valence-corrected chi connectivity index (χ4v) is 4.44. The molecular weight excluding hydrogens is 373 g/mol. The number of nitrogens with zero attached hydrogens (tertiary/aromatic N) is 3. The molecule has 0 saturated heterocycles. The van der Waals surface area contributed by atoms with Crippen LogP contribution in [0.1, 0.15) is 37.8 Å². The predicted molar refractivity (Wildman–Crippen MR) is 104 cm³/mol. The quantitative estimate of drug-likeness (QED) is 0.743. The average molecular weight is 394 g/mol. The summed E-state index contributed by atoms with van der Waals surface area (Å²) in [5.41, 5.74) is 1.77. The number of hydrogen-bond donors (Lipinski definition) is 0. The van der Waals surface area contributed by atoms with Gasteiger partial charge in [0.2, 0.25) is 5.82 Å². The highest BCUT2D eigenvalue weighted by molar-refractivity contribution is 6.34. The van der Waals surface area contributed by atoms with Crippen molar-refractivity contribution >= 4 is 34.7 Å². The van der Waals surface area contributed by atoms with Gasteiger partial charge < -0.3 is 14.2 Å². The summed E-state index contributed by atoms with van der Waals surface area (Å²) < 4.78 is 7.07. The fraction of sp³-hybridized carbons (Fsp3) is 0.474. The zero-order valence-electron chi connectivity index (χ0n) is 14.8. The van der Waals surface area contributed by atoms with Gasteiger partial charge in [-0.2, -0.15) is 0 Å². The van der Waals surface area contributed by atoms with E-state index in [4.69, 9.17) is 27.9 Å². The fourth-order valence-electron chi connectivity index (χ4n) is 3.92. The summed E-state index contributed by atoms with van der Waals surface area (Å²) in [6.07, 6.45) is 5.68. The molecule has 7 heteroatoms. The Morgan fingerprint density at radius 1 is 1.35 bits per heavy atom. The van der Waals surface area contributed by atoms with Gasteiger partial charge in [0.1, 0.15) is 10.9 Å². The first kappa shape index (κ1) is 17.7. The number of rotatable bonds is 5. The first-order chi connectivity index (χ1) is 12.5. The molecule has 0 radical (unpaired) electrons. The van der Waals surface area contributed by atoms with Crippen LogP contribution in [0.25, 0.3) is 0 Å². The molecule has 0 bridgehead atoms. The van der Waals surface area contributed by atoms with Gasteiger partial charge in [0, 0.05) is 24.8 Å². The topological polar surface area (TPSA) is 47.4 Å². The van der Waals surface area contributed by atoms with E-state index in [-0.39, 0.29) is 11.6 Å². The SMILES string of the molecule is CC[C@H](C1CC1)n1cc(Cl)nc(N2CCc3cc(OC)cc(Cl)c32)c1=O. The van der Waals surface area contributed by atoms with E-state index in [0.29, 0.717) is 34.2 Å². The van der Waals surface area contributed by atoms with Crippen LogP contribution in [0.4, 0.5) is 11.5 Å². The molecule has 1 fully saturated rings. The third kappa shape index (κ3) is 2.97. The zero-order chi connectivity index (χ0) is 18.4. The van der Waals surface area contributed by atoms with E-state index in [2.05, 4.69) is 11.9 Å². The van der Waals surface area contributed by atoms with Gasteiger partial charge in [0.05, 0.1) is 17.8 Å². The van der Waals surface area contributed by atoms with Crippen LogP contribution < -0.4 is 15.2 Å². The van der Waals surface area contributed by atoms with Gasteiger partial charge in [0.15, 0.2) is 0 Å². The molecule has 2 aromatic rings. The van der Waals surface area contributed by atoms with E-state index in [0.717, 1.165) is 24.1 Å². The lowest BCUT2D eigenvalue weighted by Gasteiger charge is -2.23. The Kier molecular flexibility index (Phi) is 4.61. The Morgan fingerprint density at radius 2 is 2.12 bits per heavy atom. The van der Waals surface area contributed by atoms with Crippen molar-refractivity contribution in [1.82, 2.24) is 9.55 Å². The van der Waals surface area contributed by atoms with Crippen LogP contribution in [-0.4, -0.2) is 23.2 Å². The molecule has 2 aliphatic rings. The molecule has 0 amide bonds. The van der Waals surface area contributed by atoms with E-state index < -0.39 is 0 Å². The van der Waals surface area contributed by atoms with Gasteiger partial charge in [-0.25, -0.2) is 4.98 Å². The van der Waals surface area contributed by atoms with Crippen LogP contribution in [0.3, 0.4) is 0 Å². The highest BCUT2D eigenvalue weighted by atomic mass is 35.5. The van der Waals surface area contributed by atoms with Crippen LogP contribution in [0.2, 0.25) is 10.2 Å². The number of aromatic nitrogens is 2. The molecule has 1 aliphatic heterocycles. The van der Waals surface area contributed by atoms with Crippen molar-refractivity contribution in [2.24, 2.45) is 5.92 Å². The number of hydrogen-bond acceptors (Lipinski definition) is 4. The second-order valence-electron chi connectivity index (χ2n) is 6.93. The van der Waals surface area contributed by atoms with E-state index in [1.54, 1.807) is 23.9 Å². The van der Waals surface area contributed by atoms with Crippen LogP contribution in [0, 0.1) is 5.92 Å². The summed E-state index contributed by atoms with van der Waals surface area (Å²) in [6, 6.07) is 3.90. The molecule has 0 N–H and O–H groups in total. The second-order valence-corrected chi connectivity index (χ2v) is 7.73. The smallest absolute Gasteiger partial charge is 0.294 e. The minimum atomic E-state index is -0.104. The summed E-state index contributed by atoms with van der Waals surface area (Å²) in [7, 11) is 1.62. The van der Waals surface area contributed by atoms with Gasteiger partial charge >= 0.3 is 0 Å². The number of ether oxygens (including phenoxy) is 1.